The maximum absolute atomic E-state index is 10.8. The van der Waals surface area contributed by atoms with Crippen molar-refractivity contribution in [1.82, 2.24) is 0 Å². The van der Waals surface area contributed by atoms with E-state index < -0.39 is 5.97 Å². The number of rotatable bonds is 5. The van der Waals surface area contributed by atoms with Crippen molar-refractivity contribution in [2.24, 2.45) is 0 Å². The zero-order valence-electron chi connectivity index (χ0n) is 9.66. The van der Waals surface area contributed by atoms with Gasteiger partial charge in [0.1, 0.15) is 0 Å². The highest BCUT2D eigenvalue weighted by atomic mass is 35.5. The summed E-state index contributed by atoms with van der Waals surface area (Å²) in [5.74, 6) is 0.410. The van der Waals surface area contributed by atoms with Crippen LogP contribution in [0.4, 0.5) is 0 Å². The standard InChI is InChI=1S/C12H13ClO4/c1-8(14)17-10-5-3-9(4-6-12(13)15)7-11(10)16-2/h3,5,7H,4,6H2,1-2H3. The monoisotopic (exact) mass is 256 g/mol. The molecular weight excluding hydrogens is 244 g/mol. The van der Waals surface area contributed by atoms with Crippen molar-refractivity contribution in [2.75, 3.05) is 7.11 Å². The fourth-order valence-corrected chi connectivity index (χ4v) is 1.44. The van der Waals surface area contributed by atoms with Gasteiger partial charge in [-0.15, -0.1) is 0 Å². The Morgan fingerprint density at radius 1 is 1.29 bits per heavy atom. The molecule has 0 saturated carbocycles. The minimum Gasteiger partial charge on any atom is -0.493 e. The summed E-state index contributed by atoms with van der Waals surface area (Å²) in [4.78, 5) is 21.5. The normalized spacial score (nSPS) is 9.82. The maximum atomic E-state index is 10.8. The first-order chi connectivity index (χ1) is 8.02. The van der Waals surface area contributed by atoms with Gasteiger partial charge in [0.2, 0.25) is 5.24 Å². The van der Waals surface area contributed by atoms with Gasteiger partial charge in [0.25, 0.3) is 0 Å². The second-order valence-corrected chi connectivity index (χ2v) is 3.86. The molecule has 0 fully saturated rings. The van der Waals surface area contributed by atoms with Crippen LogP contribution in [0.3, 0.4) is 0 Å². The number of esters is 1. The van der Waals surface area contributed by atoms with E-state index in [-0.39, 0.29) is 11.7 Å². The largest absolute Gasteiger partial charge is 0.493 e. The predicted octanol–water partition coefficient (Wildman–Crippen LogP) is 2.32. The molecule has 1 aromatic carbocycles. The Balaban J connectivity index is 2.84. The van der Waals surface area contributed by atoms with Crippen LogP contribution in [0, 0.1) is 0 Å². The van der Waals surface area contributed by atoms with Crippen molar-refractivity contribution in [3.8, 4) is 11.5 Å². The van der Waals surface area contributed by atoms with E-state index in [4.69, 9.17) is 21.1 Å². The molecule has 0 spiro atoms. The number of hydrogen-bond acceptors (Lipinski definition) is 4. The van der Waals surface area contributed by atoms with E-state index in [1.54, 1.807) is 18.2 Å². The average Bonchev–Trinajstić information content (AvgIpc) is 2.26. The van der Waals surface area contributed by atoms with E-state index in [0.717, 1.165) is 5.56 Å². The van der Waals surface area contributed by atoms with Crippen molar-refractivity contribution < 1.29 is 19.1 Å². The molecule has 0 aliphatic heterocycles. The van der Waals surface area contributed by atoms with Crippen LogP contribution in [0.5, 0.6) is 11.5 Å². The lowest BCUT2D eigenvalue weighted by molar-refractivity contribution is -0.132. The highest BCUT2D eigenvalue weighted by Gasteiger charge is 2.08. The fraction of sp³-hybridized carbons (Fsp3) is 0.333. The molecule has 17 heavy (non-hydrogen) atoms. The van der Waals surface area contributed by atoms with Crippen LogP contribution in [0.2, 0.25) is 0 Å². The van der Waals surface area contributed by atoms with Gasteiger partial charge in [0.15, 0.2) is 11.5 Å². The summed E-state index contributed by atoms with van der Waals surface area (Å²) in [6.07, 6.45) is 0.788. The number of aryl methyl sites for hydroxylation is 1. The zero-order valence-corrected chi connectivity index (χ0v) is 10.4. The Labute approximate surface area is 104 Å². The Bertz CT molecular complexity index is 429. The Hall–Kier alpha value is -1.55. The van der Waals surface area contributed by atoms with Crippen LogP contribution in [0.1, 0.15) is 18.9 Å². The van der Waals surface area contributed by atoms with Gasteiger partial charge >= 0.3 is 5.97 Å². The first-order valence-corrected chi connectivity index (χ1v) is 5.44. The quantitative estimate of drug-likeness (QED) is 0.461. The molecule has 5 heteroatoms. The van der Waals surface area contributed by atoms with Crippen LogP contribution in [-0.4, -0.2) is 18.3 Å². The SMILES string of the molecule is COc1cc(CCC(=O)Cl)ccc1OC(C)=O. The van der Waals surface area contributed by atoms with E-state index in [0.29, 0.717) is 17.9 Å². The smallest absolute Gasteiger partial charge is 0.308 e. The number of carbonyl (C=O) groups is 2. The van der Waals surface area contributed by atoms with Gasteiger partial charge < -0.3 is 9.47 Å². The molecule has 0 bridgehead atoms. The lowest BCUT2D eigenvalue weighted by atomic mass is 10.1. The van der Waals surface area contributed by atoms with Crippen molar-refractivity contribution in [2.45, 2.75) is 19.8 Å². The third kappa shape index (κ3) is 4.44. The summed E-state index contributed by atoms with van der Waals surface area (Å²) in [7, 11) is 1.48. The summed E-state index contributed by atoms with van der Waals surface area (Å²) < 4.78 is 10.1. The fourth-order valence-electron chi connectivity index (χ4n) is 1.35. The number of hydrogen-bond donors (Lipinski definition) is 0. The van der Waals surface area contributed by atoms with Crippen molar-refractivity contribution >= 4 is 22.8 Å². The molecule has 0 atom stereocenters. The molecule has 0 radical (unpaired) electrons. The molecule has 0 amide bonds. The molecule has 92 valence electrons. The van der Waals surface area contributed by atoms with Gasteiger partial charge in [0.05, 0.1) is 7.11 Å². The Morgan fingerprint density at radius 3 is 2.53 bits per heavy atom. The Kier molecular flexibility index (Phi) is 4.97. The predicted molar refractivity (Wildman–Crippen MR) is 63.5 cm³/mol. The molecule has 0 aromatic heterocycles. The first kappa shape index (κ1) is 13.5. The van der Waals surface area contributed by atoms with Crippen molar-refractivity contribution in [1.29, 1.82) is 0 Å². The summed E-state index contributed by atoms with van der Waals surface area (Å²) in [5.41, 5.74) is 0.895. The second kappa shape index (κ2) is 6.25. The van der Waals surface area contributed by atoms with Crippen LogP contribution in [0.25, 0.3) is 0 Å². The lowest BCUT2D eigenvalue weighted by Crippen LogP contribution is -2.03. The van der Waals surface area contributed by atoms with Gasteiger partial charge in [-0.05, 0) is 35.7 Å². The van der Waals surface area contributed by atoms with E-state index in [2.05, 4.69) is 0 Å². The average molecular weight is 257 g/mol. The number of carbonyl (C=O) groups excluding carboxylic acids is 2. The van der Waals surface area contributed by atoms with Crippen LogP contribution < -0.4 is 9.47 Å². The van der Waals surface area contributed by atoms with E-state index in [9.17, 15) is 9.59 Å². The van der Waals surface area contributed by atoms with E-state index in [1.807, 2.05) is 0 Å². The third-order valence-electron chi connectivity index (χ3n) is 2.09. The Morgan fingerprint density at radius 2 is 2.00 bits per heavy atom. The minimum atomic E-state index is -0.410. The number of methoxy groups -OCH3 is 1. The highest BCUT2D eigenvalue weighted by Crippen LogP contribution is 2.28. The minimum absolute atomic E-state index is 0.262. The summed E-state index contributed by atoms with van der Waals surface area (Å²) >= 11 is 5.26. The van der Waals surface area contributed by atoms with Crippen LogP contribution in [-0.2, 0) is 16.0 Å². The molecule has 0 saturated heterocycles. The molecule has 1 rings (SSSR count). The lowest BCUT2D eigenvalue weighted by Gasteiger charge is -2.09. The highest BCUT2D eigenvalue weighted by molar-refractivity contribution is 6.63. The van der Waals surface area contributed by atoms with E-state index >= 15 is 0 Å². The number of benzene rings is 1. The van der Waals surface area contributed by atoms with Crippen LogP contribution >= 0.6 is 11.6 Å². The van der Waals surface area contributed by atoms with Gasteiger partial charge in [-0.1, -0.05) is 6.07 Å². The maximum Gasteiger partial charge on any atom is 0.308 e. The van der Waals surface area contributed by atoms with Crippen molar-refractivity contribution in [3.05, 3.63) is 23.8 Å². The number of halogens is 1. The molecule has 0 heterocycles. The van der Waals surface area contributed by atoms with Gasteiger partial charge in [0, 0.05) is 13.3 Å². The molecule has 0 aliphatic rings. The first-order valence-electron chi connectivity index (χ1n) is 5.06. The summed E-state index contributed by atoms with van der Waals surface area (Å²) in [5, 5.41) is -0.381. The van der Waals surface area contributed by atoms with E-state index in [1.165, 1.54) is 14.0 Å². The third-order valence-corrected chi connectivity index (χ3v) is 2.28. The number of ether oxygens (including phenoxy) is 2. The summed E-state index contributed by atoms with van der Waals surface area (Å²) in [6.45, 7) is 1.32. The molecule has 0 N–H and O–H groups in total. The molecule has 0 aliphatic carbocycles. The van der Waals surface area contributed by atoms with Gasteiger partial charge in [-0.3, -0.25) is 9.59 Å². The molecular formula is C12H13ClO4. The topological polar surface area (TPSA) is 52.6 Å². The zero-order chi connectivity index (χ0) is 12.8. The van der Waals surface area contributed by atoms with Crippen molar-refractivity contribution in [3.63, 3.8) is 0 Å². The van der Waals surface area contributed by atoms with Crippen LogP contribution in [0.15, 0.2) is 18.2 Å². The summed E-state index contributed by atoms with van der Waals surface area (Å²) in [6, 6.07) is 5.12. The van der Waals surface area contributed by atoms with Gasteiger partial charge in [-0.25, -0.2) is 0 Å². The van der Waals surface area contributed by atoms with Gasteiger partial charge in [-0.2, -0.15) is 0 Å². The molecule has 1 aromatic rings. The second-order valence-electron chi connectivity index (χ2n) is 3.43. The molecule has 0 unspecified atom stereocenters. The molecule has 4 nitrogen and oxygen atoms in total.